The highest BCUT2D eigenvalue weighted by atomic mass is 79.9. The van der Waals surface area contributed by atoms with E-state index < -0.39 is 0 Å². The molecule has 0 saturated carbocycles. The van der Waals surface area contributed by atoms with E-state index in [0.29, 0.717) is 12.3 Å². The Labute approximate surface area is 106 Å². The summed E-state index contributed by atoms with van der Waals surface area (Å²) in [4.78, 5) is 12.1. The topological polar surface area (TPSA) is 17.1 Å². The Kier molecular flexibility index (Phi) is 5.20. The van der Waals surface area contributed by atoms with Crippen LogP contribution in [0, 0.1) is 12.8 Å². The van der Waals surface area contributed by atoms with Gasteiger partial charge in [-0.1, -0.05) is 44.9 Å². The second kappa shape index (κ2) is 6.19. The van der Waals surface area contributed by atoms with E-state index in [1.165, 1.54) is 0 Å². The number of ketones is 1. The van der Waals surface area contributed by atoms with Gasteiger partial charge in [0.15, 0.2) is 5.78 Å². The summed E-state index contributed by atoms with van der Waals surface area (Å²) in [5.41, 5.74) is 1.95. The van der Waals surface area contributed by atoms with Crippen LogP contribution in [0.15, 0.2) is 22.7 Å². The van der Waals surface area contributed by atoms with E-state index in [2.05, 4.69) is 29.8 Å². The van der Waals surface area contributed by atoms with Crippen molar-refractivity contribution in [3.05, 3.63) is 33.8 Å². The molecule has 1 aromatic rings. The largest absolute Gasteiger partial charge is 0.294 e. The fourth-order valence-corrected chi connectivity index (χ4v) is 2.30. The number of Topliss-reactive ketones (excluding diaryl/α,β-unsaturated/α-hetero) is 1. The van der Waals surface area contributed by atoms with Crippen LogP contribution in [0.4, 0.5) is 0 Å². The average molecular weight is 283 g/mol. The molecule has 1 rings (SSSR count). The summed E-state index contributed by atoms with van der Waals surface area (Å²) < 4.78 is 0.950. The van der Waals surface area contributed by atoms with E-state index in [1.54, 1.807) is 0 Å². The predicted octanol–water partition coefficient (Wildman–Crippen LogP) is 4.77. The maximum Gasteiger partial charge on any atom is 0.164 e. The van der Waals surface area contributed by atoms with Crippen molar-refractivity contribution < 1.29 is 4.79 Å². The number of benzene rings is 1. The molecule has 88 valence electrons. The molecule has 2 heteroatoms. The van der Waals surface area contributed by atoms with Gasteiger partial charge >= 0.3 is 0 Å². The summed E-state index contributed by atoms with van der Waals surface area (Å²) >= 11 is 3.49. The van der Waals surface area contributed by atoms with Crippen LogP contribution in [-0.4, -0.2) is 5.78 Å². The lowest BCUT2D eigenvalue weighted by molar-refractivity contribution is 0.0958. The Morgan fingerprint density at radius 3 is 2.50 bits per heavy atom. The summed E-state index contributed by atoms with van der Waals surface area (Å²) in [7, 11) is 0. The third kappa shape index (κ3) is 3.18. The van der Waals surface area contributed by atoms with E-state index in [9.17, 15) is 4.79 Å². The van der Waals surface area contributed by atoms with E-state index in [4.69, 9.17) is 0 Å². The fraction of sp³-hybridized carbons (Fsp3) is 0.500. The molecule has 0 atom stereocenters. The van der Waals surface area contributed by atoms with Crippen LogP contribution in [0.5, 0.6) is 0 Å². The quantitative estimate of drug-likeness (QED) is 0.711. The minimum atomic E-state index is 0.254. The van der Waals surface area contributed by atoms with E-state index in [-0.39, 0.29) is 5.78 Å². The highest BCUT2D eigenvalue weighted by Gasteiger charge is 2.15. The Morgan fingerprint density at radius 2 is 1.94 bits per heavy atom. The summed E-state index contributed by atoms with van der Waals surface area (Å²) in [5.74, 6) is 0.768. The highest BCUT2D eigenvalue weighted by Crippen LogP contribution is 2.24. The molecule has 0 spiro atoms. The van der Waals surface area contributed by atoms with Gasteiger partial charge in [-0.05, 0) is 34.3 Å². The average Bonchev–Trinajstić information content (AvgIpc) is 2.29. The number of hydrogen-bond donors (Lipinski definition) is 0. The highest BCUT2D eigenvalue weighted by molar-refractivity contribution is 9.10. The van der Waals surface area contributed by atoms with Crippen molar-refractivity contribution in [1.82, 2.24) is 0 Å². The van der Waals surface area contributed by atoms with Crippen LogP contribution in [0.3, 0.4) is 0 Å². The minimum absolute atomic E-state index is 0.254. The first-order valence-electron chi connectivity index (χ1n) is 5.88. The van der Waals surface area contributed by atoms with Crippen LogP contribution in [0.2, 0.25) is 0 Å². The standard InChI is InChI=1S/C14H19BrO/c1-4-11(5-2)9-13(16)12-8-6-7-10(3)14(12)15/h6-8,11H,4-5,9H2,1-3H3. The Morgan fingerprint density at radius 1 is 1.31 bits per heavy atom. The van der Waals surface area contributed by atoms with Crippen molar-refractivity contribution in [1.29, 1.82) is 0 Å². The van der Waals surface area contributed by atoms with Gasteiger partial charge in [0.25, 0.3) is 0 Å². The van der Waals surface area contributed by atoms with Gasteiger partial charge in [0.1, 0.15) is 0 Å². The lowest BCUT2D eigenvalue weighted by Gasteiger charge is -2.12. The van der Waals surface area contributed by atoms with Gasteiger partial charge in [-0.25, -0.2) is 0 Å². The third-order valence-corrected chi connectivity index (χ3v) is 4.17. The fourth-order valence-electron chi connectivity index (χ4n) is 1.81. The molecule has 0 bridgehead atoms. The molecule has 16 heavy (non-hydrogen) atoms. The van der Waals surface area contributed by atoms with Crippen LogP contribution >= 0.6 is 15.9 Å². The van der Waals surface area contributed by atoms with E-state index in [1.807, 2.05) is 25.1 Å². The number of carbonyl (C=O) groups excluding carboxylic acids is 1. The second-order valence-corrected chi connectivity index (χ2v) is 5.04. The lowest BCUT2D eigenvalue weighted by Crippen LogP contribution is -2.08. The zero-order chi connectivity index (χ0) is 12.1. The van der Waals surface area contributed by atoms with Gasteiger partial charge in [-0.15, -0.1) is 0 Å². The monoisotopic (exact) mass is 282 g/mol. The van der Waals surface area contributed by atoms with Crippen molar-refractivity contribution >= 4 is 21.7 Å². The van der Waals surface area contributed by atoms with Gasteiger partial charge in [-0.3, -0.25) is 4.79 Å². The summed E-state index contributed by atoms with van der Waals surface area (Å²) in [5, 5.41) is 0. The number of halogens is 1. The predicted molar refractivity (Wildman–Crippen MR) is 71.9 cm³/mol. The number of aryl methyl sites for hydroxylation is 1. The molecule has 0 aliphatic rings. The number of rotatable bonds is 5. The molecule has 0 amide bonds. The molecule has 0 fully saturated rings. The molecule has 0 saturated heterocycles. The van der Waals surface area contributed by atoms with Gasteiger partial charge in [-0.2, -0.15) is 0 Å². The summed E-state index contributed by atoms with van der Waals surface area (Å²) in [6, 6.07) is 5.86. The van der Waals surface area contributed by atoms with E-state index in [0.717, 1.165) is 28.4 Å². The van der Waals surface area contributed by atoms with Gasteiger partial charge < -0.3 is 0 Å². The Hall–Kier alpha value is -0.630. The third-order valence-electron chi connectivity index (χ3n) is 3.12. The van der Waals surface area contributed by atoms with Crippen LogP contribution in [0.25, 0.3) is 0 Å². The molecular weight excluding hydrogens is 264 g/mol. The SMILES string of the molecule is CCC(CC)CC(=O)c1cccc(C)c1Br. The van der Waals surface area contributed by atoms with Crippen molar-refractivity contribution in [2.75, 3.05) is 0 Å². The molecule has 0 unspecified atom stereocenters. The molecule has 0 radical (unpaired) electrons. The summed E-state index contributed by atoms with van der Waals surface area (Å²) in [6.45, 7) is 6.30. The normalized spacial score (nSPS) is 10.8. The molecule has 1 nitrogen and oxygen atoms in total. The zero-order valence-corrected chi connectivity index (χ0v) is 11.8. The molecular formula is C14H19BrO. The molecule has 0 N–H and O–H groups in total. The van der Waals surface area contributed by atoms with Crippen molar-refractivity contribution in [2.45, 2.75) is 40.0 Å². The number of carbonyl (C=O) groups is 1. The zero-order valence-electron chi connectivity index (χ0n) is 10.2. The molecule has 0 aromatic heterocycles. The Bertz CT molecular complexity index is 367. The molecule has 0 heterocycles. The minimum Gasteiger partial charge on any atom is -0.294 e. The number of hydrogen-bond acceptors (Lipinski definition) is 1. The van der Waals surface area contributed by atoms with Crippen molar-refractivity contribution in [3.63, 3.8) is 0 Å². The maximum absolute atomic E-state index is 12.1. The smallest absolute Gasteiger partial charge is 0.164 e. The van der Waals surface area contributed by atoms with Crippen LogP contribution in [0.1, 0.15) is 49.0 Å². The van der Waals surface area contributed by atoms with Crippen LogP contribution in [-0.2, 0) is 0 Å². The first kappa shape index (κ1) is 13.4. The lowest BCUT2D eigenvalue weighted by atomic mass is 9.93. The van der Waals surface area contributed by atoms with Gasteiger partial charge in [0.05, 0.1) is 0 Å². The van der Waals surface area contributed by atoms with Crippen LogP contribution < -0.4 is 0 Å². The van der Waals surface area contributed by atoms with Crippen molar-refractivity contribution in [2.24, 2.45) is 5.92 Å². The first-order valence-corrected chi connectivity index (χ1v) is 6.67. The summed E-state index contributed by atoms with van der Waals surface area (Å²) in [6.07, 6.45) is 2.81. The maximum atomic E-state index is 12.1. The van der Waals surface area contributed by atoms with E-state index >= 15 is 0 Å². The van der Waals surface area contributed by atoms with Gasteiger partial charge in [0, 0.05) is 16.5 Å². The van der Waals surface area contributed by atoms with Crippen molar-refractivity contribution in [3.8, 4) is 0 Å². The Balaban J connectivity index is 2.84. The second-order valence-electron chi connectivity index (χ2n) is 4.25. The van der Waals surface area contributed by atoms with Gasteiger partial charge in [0.2, 0.25) is 0 Å². The first-order chi connectivity index (χ1) is 7.60. The molecule has 0 aliphatic heterocycles. The molecule has 1 aromatic carbocycles. The molecule has 0 aliphatic carbocycles.